The van der Waals surface area contributed by atoms with Crippen molar-refractivity contribution < 1.29 is 22.7 Å². The fourth-order valence-corrected chi connectivity index (χ4v) is 5.68. The molecular weight excluding hydrogens is 594 g/mol. The maximum atomic E-state index is 13.8. The summed E-state index contributed by atoms with van der Waals surface area (Å²) in [6, 6.07) is 17.3. The Kier molecular flexibility index (Phi) is 9.81. The van der Waals surface area contributed by atoms with Crippen molar-refractivity contribution in [3.05, 3.63) is 87.4 Å². The van der Waals surface area contributed by atoms with Crippen molar-refractivity contribution in [3.8, 4) is 5.75 Å². The van der Waals surface area contributed by atoms with Crippen LogP contribution in [0.1, 0.15) is 18.1 Å². The van der Waals surface area contributed by atoms with E-state index in [2.05, 4.69) is 21.2 Å². The molecule has 0 heterocycles. The van der Waals surface area contributed by atoms with E-state index in [1.807, 2.05) is 31.2 Å². The Morgan fingerprint density at radius 1 is 1.05 bits per heavy atom. The zero-order valence-corrected chi connectivity index (χ0v) is 24.6. The number of hydrogen-bond acceptors (Lipinski definition) is 5. The summed E-state index contributed by atoms with van der Waals surface area (Å²) in [6.45, 7) is 2.99. The smallest absolute Gasteiger partial charge is 0.264 e. The second-order valence-corrected chi connectivity index (χ2v) is 11.8. The predicted molar refractivity (Wildman–Crippen MR) is 152 cm³/mol. The SMILES string of the molecule is CNC(=O)C(C)N(Cc1ccc(Br)cc1)C(=O)CN(c1ccc(OC)c(Cl)c1)S(=O)(=O)c1ccc(C)cc1. The highest BCUT2D eigenvalue weighted by molar-refractivity contribution is 9.10. The second kappa shape index (κ2) is 12.6. The summed E-state index contributed by atoms with van der Waals surface area (Å²) in [5.74, 6) is -0.581. The minimum atomic E-state index is -4.19. The average molecular weight is 623 g/mol. The van der Waals surface area contributed by atoms with Gasteiger partial charge in [0.05, 0.1) is 22.7 Å². The minimum absolute atomic E-state index is 0.0154. The number of carbonyl (C=O) groups excluding carboxylic acids is 2. The van der Waals surface area contributed by atoms with Crippen LogP contribution in [-0.2, 0) is 26.2 Å². The van der Waals surface area contributed by atoms with Crippen LogP contribution in [-0.4, -0.2) is 51.9 Å². The van der Waals surface area contributed by atoms with Gasteiger partial charge in [-0.2, -0.15) is 0 Å². The molecule has 0 saturated heterocycles. The summed E-state index contributed by atoms with van der Waals surface area (Å²) < 4.78 is 34.7. The van der Waals surface area contributed by atoms with Gasteiger partial charge in [-0.05, 0) is 61.9 Å². The van der Waals surface area contributed by atoms with Crippen LogP contribution in [0.25, 0.3) is 0 Å². The first-order chi connectivity index (χ1) is 18.0. The molecule has 1 atom stereocenters. The van der Waals surface area contributed by atoms with Crippen LogP contribution in [0.2, 0.25) is 5.02 Å². The van der Waals surface area contributed by atoms with Crippen molar-refractivity contribution in [2.45, 2.75) is 31.3 Å². The zero-order valence-electron chi connectivity index (χ0n) is 21.4. The molecule has 2 amide bonds. The van der Waals surface area contributed by atoms with Gasteiger partial charge >= 0.3 is 0 Å². The van der Waals surface area contributed by atoms with Gasteiger partial charge in [-0.3, -0.25) is 13.9 Å². The number of aryl methyl sites for hydroxylation is 1. The Hall–Kier alpha value is -3.08. The van der Waals surface area contributed by atoms with Crippen LogP contribution in [0, 0.1) is 6.92 Å². The third kappa shape index (κ3) is 6.86. The van der Waals surface area contributed by atoms with Gasteiger partial charge in [-0.25, -0.2) is 8.42 Å². The Morgan fingerprint density at radius 3 is 2.24 bits per heavy atom. The molecule has 11 heteroatoms. The average Bonchev–Trinajstić information content (AvgIpc) is 2.90. The predicted octanol–water partition coefficient (Wildman–Crippen LogP) is 4.78. The lowest BCUT2D eigenvalue weighted by Crippen LogP contribution is -2.50. The molecule has 0 aliphatic carbocycles. The molecule has 202 valence electrons. The Balaban J connectivity index is 2.06. The summed E-state index contributed by atoms with van der Waals surface area (Å²) in [5.41, 5.74) is 1.85. The van der Waals surface area contributed by atoms with Crippen LogP contribution in [0.15, 0.2) is 76.1 Å². The number of halogens is 2. The van der Waals surface area contributed by atoms with Crippen molar-refractivity contribution in [1.29, 1.82) is 0 Å². The highest BCUT2D eigenvalue weighted by Crippen LogP contribution is 2.32. The van der Waals surface area contributed by atoms with Crippen molar-refractivity contribution >= 4 is 55.1 Å². The number of hydrogen-bond donors (Lipinski definition) is 1. The molecule has 8 nitrogen and oxygen atoms in total. The Morgan fingerprint density at radius 2 is 1.68 bits per heavy atom. The zero-order chi connectivity index (χ0) is 28.0. The second-order valence-electron chi connectivity index (χ2n) is 8.58. The van der Waals surface area contributed by atoms with Crippen molar-refractivity contribution in [1.82, 2.24) is 10.2 Å². The summed E-state index contributed by atoms with van der Waals surface area (Å²) >= 11 is 9.71. The van der Waals surface area contributed by atoms with E-state index in [1.54, 1.807) is 19.1 Å². The Labute approximate surface area is 236 Å². The van der Waals surface area contributed by atoms with Crippen LogP contribution in [0.5, 0.6) is 5.75 Å². The topological polar surface area (TPSA) is 96.0 Å². The number of rotatable bonds is 10. The number of carbonyl (C=O) groups is 2. The summed E-state index contributed by atoms with van der Waals surface area (Å²) in [6.07, 6.45) is 0. The van der Waals surface area contributed by atoms with E-state index < -0.39 is 28.5 Å². The molecule has 0 saturated carbocycles. The third-order valence-electron chi connectivity index (χ3n) is 5.99. The van der Waals surface area contributed by atoms with Crippen LogP contribution in [0.4, 0.5) is 5.69 Å². The van der Waals surface area contributed by atoms with Crippen LogP contribution < -0.4 is 14.4 Å². The van der Waals surface area contributed by atoms with Crippen LogP contribution in [0.3, 0.4) is 0 Å². The summed E-state index contributed by atoms with van der Waals surface area (Å²) in [7, 11) is -1.26. The molecular formula is C27H29BrClN3O5S. The fourth-order valence-electron chi connectivity index (χ4n) is 3.75. The molecule has 0 aliphatic rings. The largest absolute Gasteiger partial charge is 0.495 e. The third-order valence-corrected chi connectivity index (χ3v) is 8.60. The van der Waals surface area contributed by atoms with Gasteiger partial charge in [0.15, 0.2) is 0 Å². The highest BCUT2D eigenvalue weighted by Gasteiger charge is 2.32. The van der Waals surface area contributed by atoms with Crippen molar-refractivity contribution in [3.63, 3.8) is 0 Å². The molecule has 0 bridgehead atoms. The molecule has 3 rings (SSSR count). The lowest BCUT2D eigenvalue weighted by atomic mass is 10.1. The first-order valence-corrected chi connectivity index (χ1v) is 14.3. The summed E-state index contributed by atoms with van der Waals surface area (Å²) in [5, 5.41) is 2.74. The van der Waals surface area contributed by atoms with E-state index >= 15 is 0 Å². The number of methoxy groups -OCH3 is 1. The number of sulfonamides is 1. The maximum absolute atomic E-state index is 13.8. The minimum Gasteiger partial charge on any atom is -0.495 e. The van der Waals surface area contributed by atoms with E-state index in [4.69, 9.17) is 16.3 Å². The van der Waals surface area contributed by atoms with E-state index in [-0.39, 0.29) is 28.1 Å². The number of ether oxygens (including phenoxy) is 1. The molecule has 0 aromatic heterocycles. The molecule has 0 fully saturated rings. The lowest BCUT2D eigenvalue weighted by Gasteiger charge is -2.32. The highest BCUT2D eigenvalue weighted by atomic mass is 79.9. The van der Waals surface area contributed by atoms with Gasteiger partial charge in [-0.1, -0.05) is 57.4 Å². The number of nitrogens with one attached hydrogen (secondary N) is 1. The van der Waals surface area contributed by atoms with E-state index in [9.17, 15) is 18.0 Å². The number of nitrogens with zero attached hydrogens (tertiary/aromatic N) is 2. The van der Waals surface area contributed by atoms with Gasteiger partial charge in [0.2, 0.25) is 11.8 Å². The lowest BCUT2D eigenvalue weighted by molar-refractivity contribution is -0.139. The first-order valence-electron chi connectivity index (χ1n) is 11.7. The molecule has 1 unspecified atom stereocenters. The van der Waals surface area contributed by atoms with Gasteiger partial charge in [0.25, 0.3) is 10.0 Å². The number of likely N-dealkylation sites (N-methyl/N-ethyl adjacent to an activating group) is 1. The molecule has 38 heavy (non-hydrogen) atoms. The number of amides is 2. The normalized spacial score (nSPS) is 11.9. The molecule has 3 aromatic rings. The molecule has 1 N–H and O–H groups in total. The number of benzene rings is 3. The van der Waals surface area contributed by atoms with Gasteiger partial charge in [0, 0.05) is 18.1 Å². The molecule has 3 aromatic carbocycles. The van der Waals surface area contributed by atoms with Gasteiger partial charge < -0.3 is 15.0 Å². The fraction of sp³-hybridized carbons (Fsp3) is 0.259. The van der Waals surface area contributed by atoms with E-state index in [0.29, 0.717) is 5.75 Å². The number of anilines is 1. The van der Waals surface area contributed by atoms with E-state index in [0.717, 1.165) is 19.9 Å². The summed E-state index contributed by atoms with van der Waals surface area (Å²) in [4.78, 5) is 27.7. The van der Waals surface area contributed by atoms with Crippen molar-refractivity contribution in [2.24, 2.45) is 0 Å². The maximum Gasteiger partial charge on any atom is 0.264 e. The molecule has 0 radical (unpaired) electrons. The molecule has 0 spiro atoms. The Bertz CT molecular complexity index is 1400. The molecule has 0 aliphatic heterocycles. The standard InChI is InChI=1S/C27H29BrClN3O5S/c1-18-5-12-23(13-6-18)38(35,36)32(22-11-14-25(37-4)24(29)15-22)17-26(33)31(19(2)27(34)30-3)16-20-7-9-21(28)10-8-20/h5-15,19H,16-17H2,1-4H3,(H,30,34). The quantitative estimate of drug-likeness (QED) is 0.351. The van der Waals surface area contributed by atoms with Crippen molar-refractivity contribution in [2.75, 3.05) is 25.0 Å². The van der Waals surface area contributed by atoms with Crippen LogP contribution >= 0.6 is 27.5 Å². The van der Waals surface area contributed by atoms with E-state index in [1.165, 1.54) is 49.4 Å². The van der Waals surface area contributed by atoms with Gasteiger partial charge in [-0.15, -0.1) is 0 Å². The van der Waals surface area contributed by atoms with Gasteiger partial charge in [0.1, 0.15) is 18.3 Å². The first kappa shape index (κ1) is 29.5. The monoisotopic (exact) mass is 621 g/mol.